The van der Waals surface area contributed by atoms with Gasteiger partial charge in [-0.2, -0.15) is 0 Å². The minimum Gasteiger partial charge on any atom is -0.294 e. The molecule has 3 nitrogen and oxygen atoms in total. The van der Waals surface area contributed by atoms with E-state index in [0.717, 1.165) is 38.6 Å². The maximum Gasteiger partial charge on any atom is 0.189 e. The molecule has 0 unspecified atom stereocenters. The molecule has 2 aliphatic carbocycles. The molecular weight excluding hydrogens is 442 g/mol. The molecule has 3 heteroatoms. The number of Topliss-reactive ketones (excluding diaryl/α,β-unsaturated/α-hetero) is 2. The highest BCUT2D eigenvalue weighted by molar-refractivity contribution is 6.24. The van der Waals surface area contributed by atoms with Crippen molar-refractivity contribution in [3.8, 4) is 0 Å². The van der Waals surface area contributed by atoms with E-state index in [0.29, 0.717) is 19.4 Å². The smallest absolute Gasteiger partial charge is 0.189 e. The molecule has 2 spiro atoms. The molecule has 0 aromatic heterocycles. The average Bonchev–Trinajstić information content (AvgIpc) is 3.48. The number of likely N-dealkylation sites (N-methyl/N-ethyl adjacent to an activating group) is 1. The van der Waals surface area contributed by atoms with Crippen molar-refractivity contribution in [1.82, 2.24) is 4.90 Å². The van der Waals surface area contributed by atoms with E-state index in [-0.39, 0.29) is 17.5 Å². The first-order valence-corrected chi connectivity index (χ1v) is 12.7. The molecule has 36 heavy (non-hydrogen) atoms. The molecule has 1 heterocycles. The lowest BCUT2D eigenvalue weighted by molar-refractivity contribution is -0.127. The summed E-state index contributed by atoms with van der Waals surface area (Å²) in [4.78, 5) is 31.6. The Labute approximate surface area is 211 Å². The Balaban J connectivity index is 1.52. The monoisotopic (exact) mass is 469 g/mol. The van der Waals surface area contributed by atoms with Crippen molar-refractivity contribution in [2.75, 3.05) is 13.6 Å². The van der Waals surface area contributed by atoms with Crippen LogP contribution in [-0.4, -0.2) is 30.1 Å². The van der Waals surface area contributed by atoms with Crippen molar-refractivity contribution >= 4 is 28.4 Å². The zero-order valence-corrected chi connectivity index (χ0v) is 20.3. The normalized spacial score (nSPS) is 28.4. The predicted octanol–water partition coefficient (Wildman–Crippen LogP) is 6.39. The number of fused-ring (bicyclic) bond motifs is 2. The maximum atomic E-state index is 14.8. The minimum atomic E-state index is -1.01. The average molecular weight is 470 g/mol. The molecule has 0 radical (unpaired) electrons. The van der Waals surface area contributed by atoms with E-state index < -0.39 is 11.0 Å². The van der Waals surface area contributed by atoms with Gasteiger partial charge in [0.1, 0.15) is 5.54 Å². The molecule has 3 aliphatic rings. The number of carbonyl (C=O) groups is 2. The number of ketones is 2. The van der Waals surface area contributed by atoms with Crippen LogP contribution in [0.1, 0.15) is 45.8 Å². The molecular formula is C33H27NO2. The van der Waals surface area contributed by atoms with Gasteiger partial charge in [0.2, 0.25) is 0 Å². The van der Waals surface area contributed by atoms with Crippen LogP contribution in [0.25, 0.3) is 16.8 Å². The Bertz CT molecular complexity index is 1570. The third-order valence-corrected chi connectivity index (χ3v) is 8.97. The summed E-state index contributed by atoms with van der Waals surface area (Å²) in [6.45, 7) is 0.657. The molecule has 0 amide bonds. The third-order valence-electron chi connectivity index (χ3n) is 8.97. The minimum absolute atomic E-state index is 0.0737. The highest BCUT2D eigenvalue weighted by Gasteiger charge is 2.74. The zero-order valence-electron chi connectivity index (χ0n) is 20.3. The number of hydrogen-bond donors (Lipinski definition) is 0. The van der Waals surface area contributed by atoms with Crippen LogP contribution in [0.2, 0.25) is 0 Å². The van der Waals surface area contributed by atoms with Gasteiger partial charge in [-0.1, -0.05) is 97.1 Å². The van der Waals surface area contributed by atoms with Crippen LogP contribution in [0.5, 0.6) is 0 Å². The van der Waals surface area contributed by atoms with E-state index in [1.807, 2.05) is 79.9 Å². The van der Waals surface area contributed by atoms with E-state index in [4.69, 9.17) is 0 Å². The van der Waals surface area contributed by atoms with E-state index in [1.165, 1.54) is 0 Å². The van der Waals surface area contributed by atoms with Gasteiger partial charge in [-0.25, -0.2) is 0 Å². The number of hydrogen-bond acceptors (Lipinski definition) is 3. The van der Waals surface area contributed by atoms with Crippen LogP contribution in [-0.2, 0) is 10.3 Å². The summed E-state index contributed by atoms with van der Waals surface area (Å²) in [5, 5.41) is 2.07. The summed E-state index contributed by atoms with van der Waals surface area (Å²) < 4.78 is 0. The fraction of sp³-hybridized carbons (Fsp3) is 0.212. The van der Waals surface area contributed by atoms with Gasteiger partial charge < -0.3 is 0 Å². The van der Waals surface area contributed by atoms with Crippen molar-refractivity contribution in [3.05, 3.63) is 125 Å². The number of likely N-dealkylation sites (tertiary alicyclic amines) is 1. The number of benzene rings is 4. The first-order valence-electron chi connectivity index (χ1n) is 12.7. The summed E-state index contributed by atoms with van der Waals surface area (Å²) in [5.41, 5.74) is 2.85. The number of nitrogens with zero attached hydrogens (tertiary/aromatic N) is 1. The van der Waals surface area contributed by atoms with Crippen LogP contribution in [0, 0.1) is 5.41 Å². The molecule has 1 aliphatic heterocycles. The lowest BCUT2D eigenvalue weighted by atomic mass is 9.58. The van der Waals surface area contributed by atoms with Gasteiger partial charge in [0, 0.05) is 18.0 Å². The SMILES string of the molecule is CN1C[C@@H](c2ccccc2)[C@@]2(CC/C(=C\c3ccccc3)C2=O)[C@@]12C(=O)c1cccc3cccc2c13. The number of rotatable bonds is 2. The van der Waals surface area contributed by atoms with Gasteiger partial charge in [-0.05, 0) is 59.0 Å². The highest BCUT2D eigenvalue weighted by atomic mass is 16.1. The summed E-state index contributed by atoms with van der Waals surface area (Å²) in [5.74, 6) is 0.124. The van der Waals surface area contributed by atoms with E-state index in [9.17, 15) is 9.59 Å². The Morgan fingerprint density at radius 1 is 0.806 bits per heavy atom. The van der Waals surface area contributed by atoms with Crippen LogP contribution in [0.3, 0.4) is 0 Å². The zero-order chi connectivity index (χ0) is 24.5. The fourth-order valence-corrected chi connectivity index (χ4v) is 7.62. The molecule has 1 saturated heterocycles. The Hall–Kier alpha value is -3.82. The van der Waals surface area contributed by atoms with Crippen LogP contribution >= 0.6 is 0 Å². The number of allylic oxidation sites excluding steroid dienone is 1. The van der Waals surface area contributed by atoms with Gasteiger partial charge >= 0.3 is 0 Å². The highest BCUT2D eigenvalue weighted by Crippen LogP contribution is 2.68. The van der Waals surface area contributed by atoms with Crippen molar-refractivity contribution < 1.29 is 9.59 Å². The Kier molecular flexibility index (Phi) is 4.52. The Morgan fingerprint density at radius 2 is 1.50 bits per heavy atom. The predicted molar refractivity (Wildman–Crippen MR) is 143 cm³/mol. The Morgan fingerprint density at radius 3 is 2.25 bits per heavy atom. The summed E-state index contributed by atoms with van der Waals surface area (Å²) in [6, 6.07) is 32.6. The quantitative estimate of drug-likeness (QED) is 0.319. The molecule has 3 atom stereocenters. The van der Waals surface area contributed by atoms with Gasteiger partial charge in [0.25, 0.3) is 0 Å². The lowest BCUT2D eigenvalue weighted by Gasteiger charge is -2.44. The van der Waals surface area contributed by atoms with Gasteiger partial charge in [0.15, 0.2) is 11.6 Å². The van der Waals surface area contributed by atoms with Crippen molar-refractivity contribution in [2.24, 2.45) is 5.41 Å². The topological polar surface area (TPSA) is 37.4 Å². The van der Waals surface area contributed by atoms with E-state index >= 15 is 0 Å². The largest absolute Gasteiger partial charge is 0.294 e. The fourth-order valence-electron chi connectivity index (χ4n) is 7.62. The van der Waals surface area contributed by atoms with E-state index in [1.54, 1.807) is 0 Å². The maximum absolute atomic E-state index is 14.8. The van der Waals surface area contributed by atoms with Crippen molar-refractivity contribution in [1.29, 1.82) is 0 Å². The van der Waals surface area contributed by atoms with Gasteiger partial charge in [-0.15, -0.1) is 0 Å². The molecule has 0 N–H and O–H groups in total. The first-order chi connectivity index (χ1) is 17.6. The van der Waals surface area contributed by atoms with Gasteiger partial charge in [-0.3, -0.25) is 14.5 Å². The molecule has 4 aromatic rings. The van der Waals surface area contributed by atoms with E-state index in [2.05, 4.69) is 35.2 Å². The molecule has 0 bridgehead atoms. The third kappa shape index (κ3) is 2.51. The lowest BCUT2D eigenvalue weighted by Crippen LogP contribution is -2.56. The first kappa shape index (κ1) is 21.5. The van der Waals surface area contributed by atoms with Crippen molar-refractivity contribution in [2.45, 2.75) is 24.3 Å². The van der Waals surface area contributed by atoms with Crippen LogP contribution < -0.4 is 0 Å². The molecule has 2 fully saturated rings. The molecule has 176 valence electrons. The second-order valence-corrected chi connectivity index (χ2v) is 10.5. The van der Waals surface area contributed by atoms with Crippen LogP contribution in [0.4, 0.5) is 0 Å². The second-order valence-electron chi connectivity index (χ2n) is 10.5. The van der Waals surface area contributed by atoms with Crippen molar-refractivity contribution in [3.63, 3.8) is 0 Å². The van der Waals surface area contributed by atoms with Crippen LogP contribution in [0.15, 0.2) is 103 Å². The number of carbonyl (C=O) groups excluding carboxylic acids is 2. The van der Waals surface area contributed by atoms with Gasteiger partial charge in [0.05, 0.1) is 5.41 Å². The second kappa shape index (κ2) is 7.59. The molecule has 4 aromatic carbocycles. The summed E-state index contributed by atoms with van der Waals surface area (Å²) >= 11 is 0. The summed E-state index contributed by atoms with van der Waals surface area (Å²) in [6.07, 6.45) is 3.37. The summed E-state index contributed by atoms with van der Waals surface area (Å²) in [7, 11) is 2.04. The standard InChI is InChI=1S/C33H27NO2/c1-34-21-28(23-12-6-3-7-13-23)32(19-18-25(30(32)35)20-22-10-4-2-5-11-22)33(34)27-17-9-15-24-14-8-16-26(29(24)27)31(33)36/h2-17,20,28H,18-19,21H2,1H3/b25-20+/t28-,32+,33+/m0/s1. The molecule has 1 saturated carbocycles. The molecule has 7 rings (SSSR count).